The number of nitrogens with zero attached hydrogens (tertiary/aromatic N) is 1. The summed E-state index contributed by atoms with van der Waals surface area (Å²) in [6, 6.07) is 15.7. The van der Waals surface area contributed by atoms with Crippen molar-refractivity contribution in [2.24, 2.45) is 0 Å². The van der Waals surface area contributed by atoms with Crippen molar-refractivity contribution in [3.8, 4) is 0 Å². The molecule has 0 N–H and O–H groups in total. The van der Waals surface area contributed by atoms with E-state index in [0.717, 1.165) is 0 Å². The summed E-state index contributed by atoms with van der Waals surface area (Å²) in [7, 11) is 0. The second-order valence-electron chi connectivity index (χ2n) is 5.20. The molecule has 0 bridgehead atoms. The molecule has 7 nitrogen and oxygen atoms in total. The van der Waals surface area contributed by atoms with E-state index in [1.807, 2.05) is 6.07 Å². The summed E-state index contributed by atoms with van der Waals surface area (Å²) in [5, 5.41) is 9.08. The zero-order valence-electron chi connectivity index (χ0n) is 13.4. The van der Waals surface area contributed by atoms with Crippen LogP contribution in [0.1, 0.15) is 27.9 Å². The lowest BCUT2D eigenvalue weighted by molar-refractivity contribution is -0.757. The Hall–Kier alpha value is -3.22. The van der Waals surface area contributed by atoms with Crippen LogP contribution in [0.3, 0.4) is 0 Å². The third kappa shape index (κ3) is 6.06. The van der Waals surface area contributed by atoms with Gasteiger partial charge in [-0.05, 0) is 11.6 Å². The van der Waals surface area contributed by atoms with Gasteiger partial charge in [0.25, 0.3) is 5.09 Å². The number of ketones is 1. The fourth-order valence-corrected chi connectivity index (χ4v) is 2.18. The highest BCUT2D eigenvalue weighted by Crippen LogP contribution is 2.12. The smallest absolute Gasteiger partial charge is 0.310 e. The van der Waals surface area contributed by atoms with Gasteiger partial charge in [-0.1, -0.05) is 48.5 Å². The molecule has 0 atom stereocenters. The standard InChI is InChI=1S/C18H17NO6/c20-17(24-10-5-11-25-19(22)23)13-14-6-4-9-16(12-14)18(21)15-7-2-1-3-8-15/h1-4,6-9,12H,5,10-11,13H2. The zero-order valence-corrected chi connectivity index (χ0v) is 13.4. The molecule has 0 aliphatic rings. The van der Waals surface area contributed by atoms with Crippen molar-refractivity contribution in [3.05, 3.63) is 81.4 Å². The van der Waals surface area contributed by atoms with Gasteiger partial charge in [-0.15, -0.1) is 10.1 Å². The van der Waals surface area contributed by atoms with Gasteiger partial charge in [0.1, 0.15) is 0 Å². The average Bonchev–Trinajstić information content (AvgIpc) is 2.61. The molecule has 0 heterocycles. The van der Waals surface area contributed by atoms with E-state index in [9.17, 15) is 19.7 Å². The molecule has 0 amide bonds. The molecule has 0 radical (unpaired) electrons. The van der Waals surface area contributed by atoms with E-state index in [-0.39, 0.29) is 31.8 Å². The molecule has 0 saturated carbocycles. The maximum Gasteiger partial charge on any atom is 0.310 e. The van der Waals surface area contributed by atoms with Crippen LogP contribution in [0.5, 0.6) is 0 Å². The highest BCUT2D eigenvalue weighted by atomic mass is 16.9. The number of esters is 1. The Bertz CT molecular complexity index is 744. The van der Waals surface area contributed by atoms with Crippen LogP contribution in [0, 0.1) is 10.1 Å². The quantitative estimate of drug-likeness (QED) is 0.228. The van der Waals surface area contributed by atoms with Crippen molar-refractivity contribution in [2.75, 3.05) is 13.2 Å². The van der Waals surface area contributed by atoms with E-state index in [4.69, 9.17) is 4.74 Å². The van der Waals surface area contributed by atoms with E-state index in [2.05, 4.69) is 4.84 Å². The Kier molecular flexibility index (Phi) is 6.65. The summed E-state index contributed by atoms with van der Waals surface area (Å²) < 4.78 is 4.99. The van der Waals surface area contributed by atoms with Crippen LogP contribution in [0.15, 0.2) is 54.6 Å². The monoisotopic (exact) mass is 343 g/mol. The third-order valence-electron chi connectivity index (χ3n) is 3.32. The Morgan fingerprint density at radius 2 is 1.68 bits per heavy atom. The van der Waals surface area contributed by atoms with Gasteiger partial charge in [0.15, 0.2) is 5.78 Å². The second kappa shape index (κ2) is 9.17. The normalized spacial score (nSPS) is 10.1. The molecule has 2 aromatic carbocycles. The lowest BCUT2D eigenvalue weighted by Gasteiger charge is -2.06. The fourth-order valence-electron chi connectivity index (χ4n) is 2.18. The van der Waals surface area contributed by atoms with Gasteiger partial charge in [-0.25, -0.2) is 0 Å². The summed E-state index contributed by atoms with van der Waals surface area (Å²) in [5.74, 6) is -0.585. The summed E-state index contributed by atoms with van der Waals surface area (Å²) >= 11 is 0. The molecule has 7 heteroatoms. The van der Waals surface area contributed by atoms with Gasteiger partial charge in [-0.2, -0.15) is 0 Å². The first kappa shape index (κ1) is 18.1. The molecule has 0 aromatic heterocycles. The Labute approximate surface area is 144 Å². The van der Waals surface area contributed by atoms with Crippen LogP contribution in [0.2, 0.25) is 0 Å². The molecular formula is C18H17NO6. The molecule has 0 aliphatic carbocycles. The van der Waals surface area contributed by atoms with Gasteiger partial charge < -0.3 is 9.57 Å². The number of hydrogen-bond donors (Lipinski definition) is 0. The van der Waals surface area contributed by atoms with Gasteiger partial charge in [0.05, 0.1) is 19.6 Å². The second-order valence-corrected chi connectivity index (χ2v) is 5.20. The third-order valence-corrected chi connectivity index (χ3v) is 3.32. The maximum atomic E-state index is 12.4. The lowest BCUT2D eigenvalue weighted by Crippen LogP contribution is -2.12. The molecule has 130 valence electrons. The highest BCUT2D eigenvalue weighted by Gasteiger charge is 2.11. The van der Waals surface area contributed by atoms with Crippen molar-refractivity contribution in [1.29, 1.82) is 0 Å². The number of carbonyl (C=O) groups excluding carboxylic acids is 2. The van der Waals surface area contributed by atoms with E-state index >= 15 is 0 Å². The SMILES string of the molecule is O=C(Cc1cccc(C(=O)c2ccccc2)c1)OCCCO[N+](=O)[O-]. The minimum absolute atomic E-state index is 0.0198. The number of carbonyl (C=O) groups is 2. The summed E-state index contributed by atoms with van der Waals surface area (Å²) in [4.78, 5) is 38.3. The van der Waals surface area contributed by atoms with Crippen LogP contribution < -0.4 is 0 Å². The molecule has 0 spiro atoms. The molecule has 0 aliphatic heterocycles. The van der Waals surface area contributed by atoms with Crippen molar-refractivity contribution in [2.45, 2.75) is 12.8 Å². The van der Waals surface area contributed by atoms with Crippen molar-refractivity contribution >= 4 is 11.8 Å². The number of benzene rings is 2. The predicted octanol–water partition coefficient (Wildman–Crippen LogP) is 2.60. The highest BCUT2D eigenvalue weighted by molar-refractivity contribution is 6.09. The average molecular weight is 343 g/mol. The van der Waals surface area contributed by atoms with Gasteiger partial charge in [0, 0.05) is 17.5 Å². The lowest BCUT2D eigenvalue weighted by atomic mass is 10.0. The summed E-state index contributed by atoms with van der Waals surface area (Å²) in [6.45, 7) is -0.0867. The summed E-state index contributed by atoms with van der Waals surface area (Å²) in [5.41, 5.74) is 1.73. The number of rotatable bonds is 9. The van der Waals surface area contributed by atoms with Crippen LogP contribution in [-0.2, 0) is 20.8 Å². The van der Waals surface area contributed by atoms with Gasteiger partial charge in [0.2, 0.25) is 0 Å². The van der Waals surface area contributed by atoms with Crippen molar-refractivity contribution in [1.82, 2.24) is 0 Å². The van der Waals surface area contributed by atoms with Crippen molar-refractivity contribution in [3.63, 3.8) is 0 Å². The molecule has 2 rings (SSSR count). The van der Waals surface area contributed by atoms with E-state index in [0.29, 0.717) is 16.7 Å². The first-order valence-electron chi connectivity index (χ1n) is 7.68. The van der Waals surface area contributed by atoms with Crippen LogP contribution >= 0.6 is 0 Å². The van der Waals surface area contributed by atoms with Crippen molar-refractivity contribution < 1.29 is 24.3 Å². The molecule has 0 fully saturated rings. The Balaban J connectivity index is 1.87. The first-order valence-corrected chi connectivity index (χ1v) is 7.68. The van der Waals surface area contributed by atoms with E-state index in [1.54, 1.807) is 48.5 Å². The number of ether oxygens (including phenoxy) is 1. The molecular weight excluding hydrogens is 326 g/mol. The van der Waals surface area contributed by atoms with Gasteiger partial charge >= 0.3 is 5.97 Å². The van der Waals surface area contributed by atoms with E-state index in [1.165, 1.54) is 0 Å². The minimum atomic E-state index is -0.892. The maximum absolute atomic E-state index is 12.4. The largest absolute Gasteiger partial charge is 0.465 e. The molecule has 2 aromatic rings. The number of hydrogen-bond acceptors (Lipinski definition) is 6. The zero-order chi connectivity index (χ0) is 18.1. The summed E-state index contributed by atoms with van der Waals surface area (Å²) in [6.07, 6.45) is 0.255. The minimum Gasteiger partial charge on any atom is -0.465 e. The Morgan fingerprint density at radius 3 is 2.40 bits per heavy atom. The van der Waals surface area contributed by atoms with Gasteiger partial charge in [-0.3, -0.25) is 9.59 Å². The van der Waals surface area contributed by atoms with Crippen LogP contribution in [0.25, 0.3) is 0 Å². The Morgan fingerprint density at radius 1 is 0.960 bits per heavy atom. The van der Waals surface area contributed by atoms with Crippen LogP contribution in [-0.4, -0.2) is 30.1 Å². The van der Waals surface area contributed by atoms with E-state index < -0.39 is 11.1 Å². The van der Waals surface area contributed by atoms with Crippen LogP contribution in [0.4, 0.5) is 0 Å². The molecule has 0 saturated heterocycles. The molecule has 0 unspecified atom stereocenters. The predicted molar refractivity (Wildman–Crippen MR) is 88.5 cm³/mol. The fraction of sp³-hybridized carbons (Fsp3) is 0.222. The molecule has 25 heavy (non-hydrogen) atoms. The first-order chi connectivity index (χ1) is 12.1. The topological polar surface area (TPSA) is 95.7 Å².